The van der Waals surface area contributed by atoms with Gasteiger partial charge in [-0.25, -0.2) is 0 Å². The van der Waals surface area contributed by atoms with Crippen LogP contribution < -0.4 is 0 Å². The van der Waals surface area contributed by atoms with Crippen molar-refractivity contribution in [2.24, 2.45) is 0 Å². The van der Waals surface area contributed by atoms with Crippen LogP contribution in [-0.4, -0.2) is 32.5 Å². The quantitative estimate of drug-likeness (QED) is 0.293. The summed E-state index contributed by atoms with van der Waals surface area (Å²) in [5.74, 6) is -2.95. The highest BCUT2D eigenvalue weighted by Crippen LogP contribution is 2.14. The molecule has 0 aromatic carbocycles. The minimum atomic E-state index is -2.95. The molecule has 0 spiro atoms. The minimum Gasteiger partial charge on any atom is -0.385 e. The van der Waals surface area contributed by atoms with Crippen molar-refractivity contribution in [2.45, 2.75) is 102 Å². The molecule has 0 amide bonds. The summed E-state index contributed by atoms with van der Waals surface area (Å²) in [6.07, 6.45) is 13.4. The van der Waals surface area contributed by atoms with Crippen LogP contribution in [0.5, 0.6) is 0 Å². The molecule has 4 heteroatoms. The van der Waals surface area contributed by atoms with Crippen LogP contribution in [0.4, 0.5) is 0 Å². The molecule has 1 unspecified atom stereocenters. The first-order valence-electron chi connectivity index (χ1n) is 8.33. The molecule has 1 atom stereocenters. The van der Waals surface area contributed by atoms with Gasteiger partial charge in [0, 0.05) is 0 Å². The molecule has 0 rings (SSSR count). The molecule has 0 aliphatic rings. The molecule has 0 aromatic heterocycles. The molecule has 0 saturated heterocycles. The maximum Gasteiger partial charge on any atom is 0.302 e. The van der Waals surface area contributed by atoms with Gasteiger partial charge in [-0.05, 0) is 6.42 Å². The fourth-order valence-electron chi connectivity index (χ4n) is 2.37. The van der Waals surface area contributed by atoms with Crippen molar-refractivity contribution in [3.05, 3.63) is 0 Å². The highest BCUT2D eigenvalue weighted by atomic mass is 16.7. The summed E-state index contributed by atoms with van der Waals surface area (Å²) in [5.41, 5.74) is 0. The van der Waals surface area contributed by atoms with Gasteiger partial charge in [-0.2, -0.15) is 0 Å². The molecule has 0 aliphatic heterocycles. The molecule has 0 aliphatic carbocycles. The van der Waals surface area contributed by atoms with Gasteiger partial charge >= 0.3 is 5.97 Å². The fourth-order valence-corrected chi connectivity index (χ4v) is 2.37. The molecule has 0 fully saturated rings. The van der Waals surface area contributed by atoms with Crippen molar-refractivity contribution in [3.63, 3.8) is 0 Å². The van der Waals surface area contributed by atoms with Gasteiger partial charge in [-0.1, -0.05) is 84.0 Å². The fraction of sp³-hybridized carbons (Fsp3) is 1.00. The monoisotopic (exact) mass is 290 g/mol. The standard InChI is InChI=1S/C16H34O4/c1-2-3-4-5-6-7-8-9-10-11-12-13-14-15(17)16(18,19)20/h15,17-20H,2-14H2,1H3. The van der Waals surface area contributed by atoms with Crippen LogP contribution in [0.1, 0.15) is 90.4 Å². The summed E-state index contributed by atoms with van der Waals surface area (Å²) in [5, 5.41) is 35.4. The van der Waals surface area contributed by atoms with Gasteiger partial charge < -0.3 is 20.4 Å². The lowest BCUT2D eigenvalue weighted by atomic mass is 10.0. The number of unbranched alkanes of at least 4 members (excludes halogenated alkanes) is 11. The zero-order chi connectivity index (χ0) is 15.3. The van der Waals surface area contributed by atoms with Gasteiger partial charge in [-0.3, -0.25) is 0 Å². The van der Waals surface area contributed by atoms with Crippen LogP contribution in [0, 0.1) is 0 Å². The zero-order valence-corrected chi connectivity index (χ0v) is 13.1. The molecular weight excluding hydrogens is 256 g/mol. The molecule has 0 bridgehead atoms. The zero-order valence-electron chi connectivity index (χ0n) is 13.1. The van der Waals surface area contributed by atoms with Crippen molar-refractivity contribution >= 4 is 0 Å². The smallest absolute Gasteiger partial charge is 0.302 e. The third kappa shape index (κ3) is 12.9. The Kier molecular flexibility index (Phi) is 12.5. The number of hydrogen-bond donors (Lipinski definition) is 4. The van der Waals surface area contributed by atoms with Gasteiger partial charge in [0.15, 0.2) is 0 Å². The number of rotatable bonds is 14. The van der Waals surface area contributed by atoms with Gasteiger partial charge in [0.05, 0.1) is 0 Å². The summed E-state index contributed by atoms with van der Waals surface area (Å²) < 4.78 is 0. The summed E-state index contributed by atoms with van der Waals surface area (Å²) in [6, 6.07) is 0. The minimum absolute atomic E-state index is 0.223. The largest absolute Gasteiger partial charge is 0.385 e. The van der Waals surface area contributed by atoms with E-state index in [9.17, 15) is 5.11 Å². The predicted octanol–water partition coefficient (Wildman–Crippen LogP) is 3.07. The predicted molar refractivity (Wildman–Crippen MR) is 81.1 cm³/mol. The Morgan fingerprint density at radius 3 is 1.35 bits per heavy atom. The average Bonchev–Trinajstić information content (AvgIpc) is 2.38. The normalized spacial score (nSPS) is 13.7. The van der Waals surface area contributed by atoms with E-state index in [4.69, 9.17) is 15.3 Å². The topological polar surface area (TPSA) is 80.9 Å². The van der Waals surface area contributed by atoms with Crippen molar-refractivity contribution in [2.75, 3.05) is 0 Å². The molecule has 4 N–H and O–H groups in total. The van der Waals surface area contributed by atoms with Crippen LogP contribution in [0.15, 0.2) is 0 Å². The van der Waals surface area contributed by atoms with Crippen LogP contribution in [-0.2, 0) is 0 Å². The third-order valence-corrected chi connectivity index (χ3v) is 3.78. The van der Waals surface area contributed by atoms with E-state index in [0.29, 0.717) is 6.42 Å². The van der Waals surface area contributed by atoms with Crippen molar-refractivity contribution in [1.29, 1.82) is 0 Å². The lowest BCUT2D eigenvalue weighted by molar-refractivity contribution is -0.355. The summed E-state index contributed by atoms with van der Waals surface area (Å²) >= 11 is 0. The lowest BCUT2D eigenvalue weighted by Gasteiger charge is -2.20. The summed E-state index contributed by atoms with van der Waals surface area (Å²) in [4.78, 5) is 0. The molecule has 0 radical (unpaired) electrons. The summed E-state index contributed by atoms with van der Waals surface area (Å²) in [6.45, 7) is 2.24. The van der Waals surface area contributed by atoms with Crippen LogP contribution in [0.2, 0.25) is 0 Å². The van der Waals surface area contributed by atoms with E-state index < -0.39 is 12.1 Å². The Balaban J connectivity index is 3.14. The highest BCUT2D eigenvalue weighted by Gasteiger charge is 2.29. The van der Waals surface area contributed by atoms with Crippen LogP contribution in [0.3, 0.4) is 0 Å². The van der Waals surface area contributed by atoms with E-state index in [2.05, 4.69) is 6.92 Å². The maximum absolute atomic E-state index is 9.20. The molecule has 122 valence electrons. The molecule has 0 aromatic rings. The van der Waals surface area contributed by atoms with Gasteiger partial charge in [0.2, 0.25) is 0 Å². The lowest BCUT2D eigenvalue weighted by Crippen LogP contribution is -2.41. The summed E-state index contributed by atoms with van der Waals surface area (Å²) in [7, 11) is 0. The van der Waals surface area contributed by atoms with Gasteiger partial charge in [0.1, 0.15) is 6.10 Å². The second kappa shape index (κ2) is 12.6. The molecule has 0 saturated carbocycles. The van der Waals surface area contributed by atoms with Crippen molar-refractivity contribution in [3.8, 4) is 0 Å². The Bertz CT molecular complexity index is 201. The number of hydrogen-bond acceptors (Lipinski definition) is 4. The first-order chi connectivity index (χ1) is 9.48. The van der Waals surface area contributed by atoms with Gasteiger partial charge in [-0.15, -0.1) is 0 Å². The SMILES string of the molecule is CCCCCCCCCCCCCCC(O)C(O)(O)O. The van der Waals surface area contributed by atoms with E-state index in [0.717, 1.165) is 12.8 Å². The van der Waals surface area contributed by atoms with Crippen LogP contribution in [0.25, 0.3) is 0 Å². The molecule has 20 heavy (non-hydrogen) atoms. The second-order valence-corrected chi connectivity index (χ2v) is 5.88. The van der Waals surface area contributed by atoms with E-state index in [1.807, 2.05) is 0 Å². The first-order valence-corrected chi connectivity index (χ1v) is 8.33. The molecular formula is C16H34O4. The Labute approximate surface area is 123 Å². The van der Waals surface area contributed by atoms with Gasteiger partial charge in [0.25, 0.3) is 0 Å². The number of aliphatic hydroxyl groups excluding tert-OH is 1. The average molecular weight is 290 g/mol. The molecule has 0 heterocycles. The van der Waals surface area contributed by atoms with Crippen molar-refractivity contribution in [1.82, 2.24) is 0 Å². The second-order valence-electron chi connectivity index (χ2n) is 5.88. The number of aliphatic hydroxyl groups is 4. The maximum atomic E-state index is 9.20. The van der Waals surface area contributed by atoms with E-state index in [1.54, 1.807) is 0 Å². The van der Waals surface area contributed by atoms with Crippen LogP contribution >= 0.6 is 0 Å². The van der Waals surface area contributed by atoms with E-state index in [1.165, 1.54) is 57.8 Å². The van der Waals surface area contributed by atoms with E-state index >= 15 is 0 Å². The van der Waals surface area contributed by atoms with E-state index in [-0.39, 0.29) is 6.42 Å². The third-order valence-electron chi connectivity index (χ3n) is 3.78. The highest BCUT2D eigenvalue weighted by molar-refractivity contribution is 4.63. The Morgan fingerprint density at radius 1 is 0.650 bits per heavy atom. The van der Waals surface area contributed by atoms with Crippen molar-refractivity contribution < 1.29 is 20.4 Å². The Morgan fingerprint density at radius 2 is 1.00 bits per heavy atom. The first kappa shape index (κ1) is 19.8. The Hall–Kier alpha value is -0.160. The molecule has 4 nitrogen and oxygen atoms in total.